The number of nitrogens with zero attached hydrogens (tertiary/aromatic N) is 3. The summed E-state index contributed by atoms with van der Waals surface area (Å²) in [7, 11) is 0. The SMILES string of the molecule is CC(O)CC(=N)C(=O)C1(C)COC(c2nc(-c3ccc(F)cc3)c(-c3ccnc(NCCO)n3)[nH]2)OC1. The van der Waals surface area contributed by atoms with Crippen LogP contribution in [-0.2, 0) is 14.3 Å². The lowest BCUT2D eigenvalue weighted by Gasteiger charge is -2.35. The van der Waals surface area contributed by atoms with Crippen LogP contribution in [0.5, 0.6) is 0 Å². The van der Waals surface area contributed by atoms with Gasteiger partial charge >= 0.3 is 0 Å². The number of rotatable bonds is 10. The van der Waals surface area contributed by atoms with Crippen LogP contribution in [0.25, 0.3) is 22.6 Å². The summed E-state index contributed by atoms with van der Waals surface area (Å²) in [6.45, 7) is 3.34. The molecule has 1 aromatic carbocycles. The minimum atomic E-state index is -1.07. The van der Waals surface area contributed by atoms with Crippen molar-refractivity contribution in [3.05, 3.63) is 48.2 Å². The van der Waals surface area contributed by atoms with Crippen LogP contribution >= 0.6 is 0 Å². The van der Waals surface area contributed by atoms with Crippen LogP contribution in [0.3, 0.4) is 0 Å². The Morgan fingerprint density at radius 3 is 2.62 bits per heavy atom. The molecule has 1 fully saturated rings. The number of imidazole rings is 1. The molecular weight excluding hydrogens is 483 g/mol. The zero-order chi connectivity index (χ0) is 26.6. The Morgan fingerprint density at radius 2 is 1.97 bits per heavy atom. The summed E-state index contributed by atoms with van der Waals surface area (Å²) >= 11 is 0. The molecule has 0 saturated carbocycles. The van der Waals surface area contributed by atoms with Gasteiger partial charge in [-0.25, -0.2) is 19.3 Å². The van der Waals surface area contributed by atoms with E-state index in [0.717, 1.165) is 0 Å². The van der Waals surface area contributed by atoms with Gasteiger partial charge in [0.2, 0.25) is 12.2 Å². The monoisotopic (exact) mass is 512 g/mol. The van der Waals surface area contributed by atoms with E-state index < -0.39 is 23.6 Å². The number of aromatic nitrogens is 4. The largest absolute Gasteiger partial charge is 0.395 e. The van der Waals surface area contributed by atoms with Crippen molar-refractivity contribution in [2.45, 2.75) is 32.7 Å². The Bertz CT molecular complexity index is 1250. The van der Waals surface area contributed by atoms with Crippen molar-refractivity contribution in [1.29, 1.82) is 5.41 Å². The highest BCUT2D eigenvalue weighted by Gasteiger charge is 2.42. The lowest BCUT2D eigenvalue weighted by molar-refractivity contribution is -0.228. The average Bonchev–Trinajstić information content (AvgIpc) is 3.33. The van der Waals surface area contributed by atoms with E-state index in [-0.39, 0.29) is 44.3 Å². The number of carbonyl (C=O) groups is 1. The number of H-pyrrole nitrogens is 1. The lowest BCUT2D eigenvalue weighted by Crippen LogP contribution is -2.46. The van der Waals surface area contributed by atoms with E-state index >= 15 is 0 Å². The van der Waals surface area contributed by atoms with Gasteiger partial charge < -0.3 is 35.4 Å². The molecule has 1 unspecified atom stereocenters. The van der Waals surface area contributed by atoms with Gasteiger partial charge in [0.25, 0.3) is 0 Å². The van der Waals surface area contributed by atoms with Gasteiger partial charge in [0.05, 0.1) is 54.1 Å². The molecule has 196 valence electrons. The first kappa shape index (κ1) is 26.5. The molecule has 3 heterocycles. The summed E-state index contributed by atoms with van der Waals surface area (Å²) in [5.41, 5.74) is 0.873. The number of ether oxygens (including phenoxy) is 2. The van der Waals surface area contributed by atoms with Gasteiger partial charge in [0, 0.05) is 24.7 Å². The van der Waals surface area contributed by atoms with Crippen LogP contribution in [0, 0.1) is 16.6 Å². The molecule has 12 heteroatoms. The summed E-state index contributed by atoms with van der Waals surface area (Å²) in [6, 6.07) is 7.53. The molecule has 4 rings (SSSR count). The van der Waals surface area contributed by atoms with Crippen molar-refractivity contribution in [2.75, 3.05) is 31.7 Å². The molecule has 0 aliphatic carbocycles. The first-order chi connectivity index (χ1) is 17.7. The number of hydrogen-bond donors (Lipinski definition) is 5. The Balaban J connectivity index is 1.61. The predicted molar refractivity (Wildman–Crippen MR) is 132 cm³/mol. The normalized spacial score (nSPS) is 20.4. The zero-order valence-corrected chi connectivity index (χ0v) is 20.5. The van der Waals surface area contributed by atoms with Gasteiger partial charge in [-0.05, 0) is 44.2 Å². The molecule has 1 aliphatic rings. The first-order valence-corrected chi connectivity index (χ1v) is 11.8. The molecule has 5 N–H and O–H groups in total. The summed E-state index contributed by atoms with van der Waals surface area (Å²) in [5, 5.41) is 29.5. The second kappa shape index (κ2) is 11.2. The van der Waals surface area contributed by atoms with E-state index in [9.17, 15) is 14.3 Å². The number of halogens is 1. The molecule has 0 bridgehead atoms. The standard InChI is InChI=1S/C25H29FN6O5/c1-14(34)11-17(27)21(35)25(2)12-36-23(37-13-25)22-31-19(15-3-5-16(26)6-4-15)20(32-22)18-7-8-28-24(30-18)29-9-10-33/h3-8,14,23,27,33-34H,9-13H2,1-2H3,(H,31,32)(H,28,29,30). The summed E-state index contributed by atoms with van der Waals surface area (Å²) in [5.74, 6) is -0.191. The molecular formula is C25H29FN6O5. The number of aliphatic hydroxyl groups excluding tert-OH is 2. The van der Waals surface area contributed by atoms with Crippen molar-refractivity contribution in [1.82, 2.24) is 19.9 Å². The second-order valence-corrected chi connectivity index (χ2v) is 9.14. The van der Waals surface area contributed by atoms with Crippen molar-refractivity contribution in [3.63, 3.8) is 0 Å². The van der Waals surface area contributed by atoms with E-state index in [1.807, 2.05) is 0 Å². The van der Waals surface area contributed by atoms with E-state index in [1.165, 1.54) is 19.1 Å². The highest BCUT2D eigenvalue weighted by Crippen LogP contribution is 2.36. The molecule has 1 atom stereocenters. The summed E-state index contributed by atoms with van der Waals surface area (Å²) in [6.07, 6.45) is -0.211. The maximum atomic E-state index is 13.6. The van der Waals surface area contributed by atoms with Gasteiger partial charge in [-0.2, -0.15) is 0 Å². The Hall–Kier alpha value is -3.58. The van der Waals surface area contributed by atoms with Crippen molar-refractivity contribution in [3.8, 4) is 22.6 Å². The van der Waals surface area contributed by atoms with E-state index in [4.69, 9.17) is 20.0 Å². The second-order valence-electron chi connectivity index (χ2n) is 9.14. The molecule has 2 aromatic heterocycles. The maximum Gasteiger partial charge on any atom is 0.223 e. The van der Waals surface area contributed by atoms with Crippen LogP contribution in [0.2, 0.25) is 0 Å². The van der Waals surface area contributed by atoms with Crippen LogP contribution in [0.4, 0.5) is 10.3 Å². The van der Waals surface area contributed by atoms with Crippen molar-refractivity contribution in [2.24, 2.45) is 5.41 Å². The Labute approximate surface area is 212 Å². The Morgan fingerprint density at radius 1 is 1.27 bits per heavy atom. The third-order valence-corrected chi connectivity index (χ3v) is 5.80. The fourth-order valence-corrected chi connectivity index (χ4v) is 3.91. The van der Waals surface area contributed by atoms with Gasteiger partial charge in [0.1, 0.15) is 5.82 Å². The highest BCUT2D eigenvalue weighted by molar-refractivity contribution is 6.40. The number of benzene rings is 1. The van der Waals surface area contributed by atoms with Gasteiger partial charge in [-0.1, -0.05) is 0 Å². The van der Waals surface area contributed by atoms with Gasteiger partial charge in [-0.15, -0.1) is 0 Å². The third-order valence-electron chi connectivity index (χ3n) is 5.80. The number of aliphatic hydroxyl groups is 2. The van der Waals surface area contributed by atoms with Crippen molar-refractivity contribution < 1.29 is 28.9 Å². The number of nitrogens with one attached hydrogen (secondary N) is 3. The summed E-state index contributed by atoms with van der Waals surface area (Å²) in [4.78, 5) is 29.3. The van der Waals surface area contributed by atoms with Gasteiger partial charge in [0.15, 0.2) is 11.6 Å². The van der Waals surface area contributed by atoms with E-state index in [0.29, 0.717) is 34.4 Å². The summed E-state index contributed by atoms with van der Waals surface area (Å²) < 4.78 is 25.3. The predicted octanol–water partition coefficient (Wildman–Crippen LogP) is 2.49. The first-order valence-electron chi connectivity index (χ1n) is 11.8. The Kier molecular flexibility index (Phi) is 8.03. The minimum absolute atomic E-state index is 0.0106. The minimum Gasteiger partial charge on any atom is -0.395 e. The zero-order valence-electron chi connectivity index (χ0n) is 20.5. The molecule has 1 saturated heterocycles. The van der Waals surface area contributed by atoms with Crippen LogP contribution in [-0.4, -0.2) is 74.1 Å². The maximum absolute atomic E-state index is 13.6. The average molecular weight is 513 g/mol. The molecule has 0 amide bonds. The topological polar surface area (TPSA) is 166 Å². The number of carbonyl (C=O) groups excluding carboxylic acids is 1. The highest BCUT2D eigenvalue weighted by atomic mass is 19.1. The molecule has 0 spiro atoms. The molecule has 11 nitrogen and oxygen atoms in total. The lowest BCUT2D eigenvalue weighted by atomic mass is 9.83. The fourth-order valence-electron chi connectivity index (χ4n) is 3.91. The molecule has 0 radical (unpaired) electrons. The van der Waals surface area contributed by atoms with Crippen LogP contribution in [0.15, 0.2) is 36.5 Å². The third kappa shape index (κ3) is 6.05. The van der Waals surface area contributed by atoms with E-state index in [2.05, 4.69) is 25.3 Å². The molecule has 1 aliphatic heterocycles. The number of ketones is 1. The fraction of sp³-hybridized carbons (Fsp3) is 0.400. The van der Waals surface area contributed by atoms with Crippen molar-refractivity contribution >= 4 is 17.4 Å². The number of aromatic amines is 1. The molecule has 3 aromatic rings. The smallest absolute Gasteiger partial charge is 0.223 e. The quantitative estimate of drug-likeness (QED) is 0.256. The number of anilines is 1. The number of hydrogen-bond acceptors (Lipinski definition) is 10. The van der Waals surface area contributed by atoms with Gasteiger partial charge in [-0.3, -0.25) is 4.79 Å². The number of Topliss-reactive ketones (excluding diaryl/α,β-unsaturated/α-hetero) is 1. The van der Waals surface area contributed by atoms with Crippen LogP contribution in [0.1, 0.15) is 32.4 Å². The molecule has 37 heavy (non-hydrogen) atoms. The van der Waals surface area contributed by atoms with Crippen LogP contribution < -0.4 is 5.32 Å². The van der Waals surface area contributed by atoms with E-state index in [1.54, 1.807) is 31.3 Å².